The zero-order valence-electron chi connectivity index (χ0n) is 18.0. The number of carbonyl (C=O) groups excluding carboxylic acids is 3. The van der Waals surface area contributed by atoms with Crippen molar-refractivity contribution in [3.8, 4) is 0 Å². The summed E-state index contributed by atoms with van der Waals surface area (Å²) < 4.78 is 5.36. The summed E-state index contributed by atoms with van der Waals surface area (Å²) >= 11 is 0. The SMILES string of the molecule is CCc1nc2ccccc2c(C)c1C(=O)OCC(=O)c1ccc(CCNC(C)=O)cc1. The molecule has 1 amide bonds. The molecule has 0 aliphatic carbocycles. The van der Waals surface area contributed by atoms with Crippen LogP contribution in [0, 0.1) is 6.92 Å². The van der Waals surface area contributed by atoms with Gasteiger partial charge in [-0.3, -0.25) is 14.6 Å². The number of hydrogen-bond donors (Lipinski definition) is 1. The van der Waals surface area contributed by atoms with Gasteiger partial charge in [0.05, 0.1) is 16.8 Å². The molecule has 0 bridgehead atoms. The maximum atomic E-state index is 12.8. The number of esters is 1. The van der Waals surface area contributed by atoms with Crippen LogP contribution in [-0.4, -0.2) is 35.8 Å². The number of pyridine rings is 1. The Hall–Kier alpha value is -3.54. The monoisotopic (exact) mass is 418 g/mol. The van der Waals surface area contributed by atoms with Crippen LogP contribution in [0.5, 0.6) is 0 Å². The minimum Gasteiger partial charge on any atom is -0.454 e. The van der Waals surface area contributed by atoms with Crippen LogP contribution in [0.15, 0.2) is 48.5 Å². The lowest BCUT2D eigenvalue weighted by Gasteiger charge is -2.13. The van der Waals surface area contributed by atoms with Gasteiger partial charge in [-0.15, -0.1) is 0 Å². The van der Waals surface area contributed by atoms with Gasteiger partial charge in [-0.25, -0.2) is 4.79 Å². The van der Waals surface area contributed by atoms with Gasteiger partial charge in [0.2, 0.25) is 5.91 Å². The number of fused-ring (bicyclic) bond motifs is 1. The van der Waals surface area contributed by atoms with Crippen LogP contribution < -0.4 is 5.32 Å². The Morgan fingerprint density at radius 2 is 1.74 bits per heavy atom. The van der Waals surface area contributed by atoms with E-state index in [2.05, 4.69) is 10.3 Å². The predicted molar refractivity (Wildman–Crippen MR) is 119 cm³/mol. The third-order valence-electron chi connectivity index (χ3n) is 5.16. The van der Waals surface area contributed by atoms with Crippen LogP contribution >= 0.6 is 0 Å². The smallest absolute Gasteiger partial charge is 0.340 e. The molecule has 3 aromatic rings. The van der Waals surface area contributed by atoms with Crippen molar-refractivity contribution in [1.29, 1.82) is 0 Å². The lowest BCUT2D eigenvalue weighted by molar-refractivity contribution is -0.118. The van der Waals surface area contributed by atoms with Crippen molar-refractivity contribution in [2.24, 2.45) is 0 Å². The van der Waals surface area contributed by atoms with Crippen LogP contribution in [0.4, 0.5) is 0 Å². The van der Waals surface area contributed by atoms with Crippen molar-refractivity contribution in [2.45, 2.75) is 33.6 Å². The summed E-state index contributed by atoms with van der Waals surface area (Å²) in [7, 11) is 0. The van der Waals surface area contributed by atoms with E-state index in [9.17, 15) is 14.4 Å². The van der Waals surface area contributed by atoms with E-state index in [1.807, 2.05) is 50.2 Å². The second kappa shape index (κ2) is 9.98. The quantitative estimate of drug-likeness (QED) is 0.444. The largest absolute Gasteiger partial charge is 0.454 e. The van der Waals surface area contributed by atoms with Gasteiger partial charge in [-0.1, -0.05) is 49.4 Å². The van der Waals surface area contributed by atoms with Gasteiger partial charge >= 0.3 is 5.97 Å². The Kier molecular flexibility index (Phi) is 7.13. The fraction of sp³-hybridized carbons (Fsp3) is 0.280. The minimum atomic E-state index is -0.534. The fourth-order valence-electron chi connectivity index (χ4n) is 3.49. The maximum absolute atomic E-state index is 12.8. The third-order valence-corrected chi connectivity index (χ3v) is 5.16. The molecule has 0 aliphatic rings. The molecular formula is C25H26N2O4. The van der Waals surface area contributed by atoms with Gasteiger partial charge in [-0.05, 0) is 37.0 Å². The molecule has 1 N–H and O–H groups in total. The van der Waals surface area contributed by atoms with Crippen LogP contribution in [0.3, 0.4) is 0 Å². The number of hydrogen-bond acceptors (Lipinski definition) is 5. The summed E-state index contributed by atoms with van der Waals surface area (Å²) in [5.74, 6) is -0.879. The number of amides is 1. The number of aryl methyl sites for hydroxylation is 2. The molecule has 3 rings (SSSR count). The fourth-order valence-corrected chi connectivity index (χ4v) is 3.49. The highest BCUT2D eigenvalue weighted by Gasteiger charge is 2.20. The summed E-state index contributed by atoms with van der Waals surface area (Å²) in [6.45, 7) is 5.49. The molecule has 0 saturated heterocycles. The molecule has 6 nitrogen and oxygen atoms in total. The van der Waals surface area contributed by atoms with Crippen LogP contribution in [0.2, 0.25) is 0 Å². The Labute approximate surface area is 181 Å². The highest BCUT2D eigenvalue weighted by Crippen LogP contribution is 2.24. The lowest BCUT2D eigenvalue weighted by atomic mass is 10.0. The number of benzene rings is 2. The highest BCUT2D eigenvalue weighted by molar-refractivity contribution is 6.01. The van der Waals surface area contributed by atoms with Crippen LogP contribution in [0.25, 0.3) is 10.9 Å². The van der Waals surface area contributed by atoms with Crippen molar-refractivity contribution in [3.05, 3.63) is 76.5 Å². The van der Waals surface area contributed by atoms with Crippen molar-refractivity contribution in [3.63, 3.8) is 0 Å². The van der Waals surface area contributed by atoms with Gasteiger partial charge in [0.25, 0.3) is 0 Å². The topological polar surface area (TPSA) is 85.4 Å². The number of ketones is 1. The number of carbonyl (C=O) groups is 3. The normalized spacial score (nSPS) is 10.7. The summed E-state index contributed by atoms with van der Waals surface area (Å²) in [4.78, 5) is 40.8. The summed E-state index contributed by atoms with van der Waals surface area (Å²) in [6.07, 6.45) is 1.26. The second-order valence-electron chi connectivity index (χ2n) is 7.36. The number of nitrogens with zero attached hydrogens (tertiary/aromatic N) is 1. The van der Waals surface area contributed by atoms with E-state index < -0.39 is 5.97 Å². The molecule has 160 valence electrons. The molecule has 0 atom stereocenters. The zero-order chi connectivity index (χ0) is 22.4. The molecule has 1 aromatic heterocycles. The van der Waals surface area contributed by atoms with Gasteiger partial charge in [0.15, 0.2) is 12.4 Å². The molecule has 0 spiro atoms. The van der Waals surface area contributed by atoms with E-state index in [-0.39, 0.29) is 18.3 Å². The molecule has 0 aliphatic heterocycles. The Morgan fingerprint density at radius 1 is 1.03 bits per heavy atom. The first kappa shape index (κ1) is 22.2. The van der Waals surface area contributed by atoms with Gasteiger partial charge < -0.3 is 10.1 Å². The van der Waals surface area contributed by atoms with Gasteiger partial charge in [0.1, 0.15) is 0 Å². The van der Waals surface area contributed by atoms with Crippen molar-refractivity contribution in [2.75, 3.05) is 13.2 Å². The van der Waals surface area contributed by atoms with E-state index in [1.54, 1.807) is 12.1 Å². The third kappa shape index (κ3) is 5.34. The Bertz CT molecular complexity index is 1120. The summed E-state index contributed by atoms with van der Waals surface area (Å²) in [6, 6.07) is 14.7. The molecular weight excluding hydrogens is 392 g/mol. The summed E-state index contributed by atoms with van der Waals surface area (Å²) in [5, 5.41) is 3.63. The zero-order valence-corrected chi connectivity index (χ0v) is 18.0. The van der Waals surface area contributed by atoms with Crippen molar-refractivity contribution >= 4 is 28.6 Å². The number of rotatable bonds is 8. The molecule has 0 unspecified atom stereocenters. The average Bonchev–Trinajstić information content (AvgIpc) is 2.77. The molecule has 6 heteroatoms. The van der Waals surface area contributed by atoms with E-state index in [4.69, 9.17) is 4.74 Å². The number of ether oxygens (including phenoxy) is 1. The Balaban J connectivity index is 1.67. The van der Waals surface area contributed by atoms with Crippen molar-refractivity contribution in [1.82, 2.24) is 10.3 Å². The number of Topliss-reactive ketones (excluding diaryl/α,β-unsaturated/α-hetero) is 1. The Morgan fingerprint density at radius 3 is 2.42 bits per heavy atom. The van der Waals surface area contributed by atoms with Gasteiger partial charge in [-0.2, -0.15) is 0 Å². The predicted octanol–water partition coefficient (Wildman–Crippen LogP) is 3.82. The van der Waals surface area contributed by atoms with E-state index in [0.29, 0.717) is 36.2 Å². The molecule has 31 heavy (non-hydrogen) atoms. The lowest BCUT2D eigenvalue weighted by Crippen LogP contribution is -2.22. The molecule has 0 radical (unpaired) electrons. The number of nitrogens with one attached hydrogen (secondary N) is 1. The molecule has 0 saturated carbocycles. The summed E-state index contributed by atoms with van der Waals surface area (Å²) in [5.41, 5.74) is 4.22. The maximum Gasteiger partial charge on any atom is 0.340 e. The van der Waals surface area contributed by atoms with Crippen molar-refractivity contribution < 1.29 is 19.1 Å². The highest BCUT2D eigenvalue weighted by atomic mass is 16.5. The van der Waals surface area contributed by atoms with Crippen LogP contribution in [0.1, 0.15) is 51.4 Å². The van der Waals surface area contributed by atoms with E-state index >= 15 is 0 Å². The minimum absolute atomic E-state index is 0.0725. The standard InChI is InChI=1S/C25H26N2O4/c1-4-21-24(16(2)20-7-5-6-8-22(20)27-21)25(30)31-15-23(29)19-11-9-18(10-12-19)13-14-26-17(3)28/h5-12H,4,13-15H2,1-3H3,(H,26,28). The second-order valence-corrected chi connectivity index (χ2v) is 7.36. The first-order chi connectivity index (χ1) is 14.9. The number of aromatic nitrogens is 1. The van der Waals surface area contributed by atoms with E-state index in [1.165, 1.54) is 6.92 Å². The van der Waals surface area contributed by atoms with Gasteiger partial charge in [0, 0.05) is 24.4 Å². The molecule has 0 fully saturated rings. The van der Waals surface area contributed by atoms with Crippen LogP contribution in [-0.2, 0) is 22.4 Å². The first-order valence-corrected chi connectivity index (χ1v) is 10.3. The molecule has 1 heterocycles. The van der Waals surface area contributed by atoms with E-state index in [0.717, 1.165) is 22.0 Å². The first-order valence-electron chi connectivity index (χ1n) is 10.3. The number of para-hydroxylation sites is 1. The molecule has 2 aromatic carbocycles. The average molecular weight is 418 g/mol.